The van der Waals surface area contributed by atoms with Gasteiger partial charge in [0.2, 0.25) is 15.7 Å². The lowest BCUT2D eigenvalue weighted by Gasteiger charge is -2.07. The van der Waals surface area contributed by atoms with E-state index in [1.165, 1.54) is 0 Å². The predicted molar refractivity (Wildman–Crippen MR) is 89.9 cm³/mol. The highest BCUT2D eigenvalue weighted by atomic mass is 32.2. The minimum Gasteiger partial charge on any atom is -0.484 e. The van der Waals surface area contributed by atoms with E-state index < -0.39 is 9.84 Å². The molecule has 25 heavy (non-hydrogen) atoms. The number of aryl methyl sites for hydroxylation is 1. The zero-order chi connectivity index (χ0) is 18.1. The summed E-state index contributed by atoms with van der Waals surface area (Å²) in [5, 5.41) is 9.62. The number of carbonyl (C=O) groups is 1. The Hall–Kier alpha value is -2.42. The van der Waals surface area contributed by atoms with E-state index in [-0.39, 0.29) is 17.7 Å². The van der Waals surface area contributed by atoms with Gasteiger partial charge in [-0.25, -0.2) is 8.42 Å². The van der Waals surface area contributed by atoms with Crippen molar-refractivity contribution in [1.82, 2.24) is 15.5 Å². The number of aromatic nitrogens is 2. The predicted octanol–water partition coefficient (Wildman–Crippen LogP) is 1.38. The van der Waals surface area contributed by atoms with Crippen LogP contribution in [0.1, 0.15) is 25.2 Å². The van der Waals surface area contributed by atoms with Gasteiger partial charge in [0.25, 0.3) is 5.91 Å². The van der Waals surface area contributed by atoms with E-state index in [2.05, 4.69) is 15.5 Å². The number of amides is 1. The maximum atomic E-state index is 11.6. The van der Waals surface area contributed by atoms with Crippen LogP contribution in [-0.4, -0.2) is 43.9 Å². The summed E-state index contributed by atoms with van der Waals surface area (Å²) in [5.74, 6) is 0.796. The third-order valence-electron chi connectivity index (χ3n) is 3.27. The molecule has 0 saturated carbocycles. The van der Waals surface area contributed by atoms with E-state index in [4.69, 9.17) is 9.15 Å². The number of para-hydroxylation sites is 1. The lowest BCUT2D eigenvalue weighted by Crippen LogP contribution is -2.29. The topological polar surface area (TPSA) is 111 Å². The molecule has 1 amide bonds. The van der Waals surface area contributed by atoms with Crippen LogP contribution in [0.5, 0.6) is 5.75 Å². The number of nitrogens with zero attached hydrogens (tertiary/aromatic N) is 2. The molecule has 0 atom stereocenters. The van der Waals surface area contributed by atoms with Crippen LogP contribution in [-0.2, 0) is 21.1 Å². The lowest BCUT2D eigenvalue weighted by atomic mass is 10.2. The standard InChI is InChI=1S/C16H21N3O5S/c1-25(21,22)16-19-18-15(24-16)10-6-3-7-11-17-14(20)12-23-13-8-4-2-5-9-13/h2,4-5,8-9H,3,6-7,10-12H2,1H3,(H,17,20). The van der Waals surface area contributed by atoms with Crippen molar-refractivity contribution in [2.75, 3.05) is 19.4 Å². The number of rotatable bonds is 10. The van der Waals surface area contributed by atoms with Crippen LogP contribution >= 0.6 is 0 Å². The molecule has 2 aromatic rings. The van der Waals surface area contributed by atoms with Gasteiger partial charge in [-0.3, -0.25) is 4.79 Å². The van der Waals surface area contributed by atoms with E-state index in [9.17, 15) is 13.2 Å². The number of hydrogen-bond acceptors (Lipinski definition) is 7. The van der Waals surface area contributed by atoms with Gasteiger partial charge in [-0.1, -0.05) is 29.7 Å². The Labute approximate surface area is 146 Å². The fraction of sp³-hybridized carbons (Fsp3) is 0.438. The van der Waals surface area contributed by atoms with E-state index in [1.807, 2.05) is 18.2 Å². The van der Waals surface area contributed by atoms with Crippen molar-refractivity contribution in [3.8, 4) is 5.75 Å². The van der Waals surface area contributed by atoms with Gasteiger partial charge in [0.05, 0.1) is 0 Å². The first-order chi connectivity index (χ1) is 11.9. The number of ether oxygens (including phenoxy) is 1. The van der Waals surface area contributed by atoms with Crippen molar-refractivity contribution >= 4 is 15.7 Å². The van der Waals surface area contributed by atoms with Crippen molar-refractivity contribution < 1.29 is 22.4 Å². The van der Waals surface area contributed by atoms with Crippen molar-refractivity contribution in [2.45, 2.75) is 30.9 Å². The fourth-order valence-electron chi connectivity index (χ4n) is 2.01. The van der Waals surface area contributed by atoms with Crippen LogP contribution in [0.15, 0.2) is 40.0 Å². The van der Waals surface area contributed by atoms with Gasteiger partial charge in [-0.2, -0.15) is 0 Å². The van der Waals surface area contributed by atoms with Crippen molar-refractivity contribution in [2.24, 2.45) is 0 Å². The molecule has 0 aliphatic carbocycles. The summed E-state index contributed by atoms with van der Waals surface area (Å²) in [6.07, 6.45) is 3.93. The third-order valence-corrected chi connectivity index (χ3v) is 4.07. The zero-order valence-electron chi connectivity index (χ0n) is 14.0. The van der Waals surface area contributed by atoms with Gasteiger partial charge in [-0.05, 0) is 25.0 Å². The molecule has 1 aromatic heterocycles. The van der Waals surface area contributed by atoms with Crippen LogP contribution < -0.4 is 10.1 Å². The molecule has 1 heterocycles. The van der Waals surface area contributed by atoms with Crippen LogP contribution in [0.25, 0.3) is 0 Å². The highest BCUT2D eigenvalue weighted by molar-refractivity contribution is 7.90. The van der Waals surface area contributed by atoms with E-state index in [0.29, 0.717) is 24.6 Å². The fourth-order valence-corrected chi connectivity index (χ4v) is 2.45. The monoisotopic (exact) mass is 367 g/mol. The van der Waals surface area contributed by atoms with Crippen molar-refractivity contribution in [1.29, 1.82) is 0 Å². The Bertz CT molecular complexity index is 774. The van der Waals surface area contributed by atoms with E-state index in [0.717, 1.165) is 25.5 Å². The number of hydrogen-bond donors (Lipinski definition) is 1. The maximum Gasteiger partial charge on any atom is 0.335 e. The molecule has 2 rings (SSSR count). The Kier molecular flexibility index (Phi) is 6.93. The summed E-state index contributed by atoms with van der Waals surface area (Å²) in [6.45, 7) is 0.537. The second-order valence-corrected chi connectivity index (χ2v) is 7.39. The highest BCUT2D eigenvalue weighted by Gasteiger charge is 2.15. The van der Waals surface area contributed by atoms with Crippen LogP contribution in [0.4, 0.5) is 0 Å². The molecule has 0 fully saturated rings. The number of carbonyl (C=O) groups excluding carboxylic acids is 1. The molecule has 1 N–H and O–H groups in total. The zero-order valence-corrected chi connectivity index (χ0v) is 14.8. The number of unbranched alkanes of at least 4 members (excludes halogenated alkanes) is 2. The summed E-state index contributed by atoms with van der Waals surface area (Å²) >= 11 is 0. The molecule has 0 bridgehead atoms. The molecular weight excluding hydrogens is 346 g/mol. The molecule has 1 aromatic carbocycles. The van der Waals surface area contributed by atoms with E-state index >= 15 is 0 Å². The van der Waals surface area contributed by atoms with E-state index in [1.54, 1.807) is 12.1 Å². The van der Waals surface area contributed by atoms with Gasteiger partial charge in [0, 0.05) is 19.2 Å². The average Bonchev–Trinajstić information content (AvgIpc) is 3.06. The first-order valence-corrected chi connectivity index (χ1v) is 9.81. The summed E-state index contributed by atoms with van der Waals surface area (Å²) < 4.78 is 32.9. The molecule has 0 saturated heterocycles. The van der Waals surface area contributed by atoms with Gasteiger partial charge in [-0.15, -0.1) is 5.10 Å². The highest BCUT2D eigenvalue weighted by Crippen LogP contribution is 2.10. The second-order valence-electron chi connectivity index (χ2n) is 5.50. The Morgan fingerprint density at radius 1 is 1.16 bits per heavy atom. The average molecular weight is 367 g/mol. The summed E-state index contributed by atoms with van der Waals surface area (Å²) in [6, 6.07) is 9.15. The summed E-state index contributed by atoms with van der Waals surface area (Å²) in [5.41, 5.74) is 0. The normalized spacial score (nSPS) is 11.2. The second kappa shape index (κ2) is 9.16. The SMILES string of the molecule is CS(=O)(=O)c1nnc(CCCCCNC(=O)COc2ccccc2)o1. The Morgan fingerprint density at radius 3 is 2.60 bits per heavy atom. The summed E-state index contributed by atoms with van der Waals surface area (Å²) in [7, 11) is -3.46. The lowest BCUT2D eigenvalue weighted by molar-refractivity contribution is -0.123. The number of benzene rings is 1. The number of sulfone groups is 1. The van der Waals surface area contributed by atoms with Crippen LogP contribution in [0.3, 0.4) is 0 Å². The molecule has 0 aliphatic heterocycles. The molecule has 136 valence electrons. The van der Waals surface area contributed by atoms with Crippen LogP contribution in [0, 0.1) is 0 Å². The maximum absolute atomic E-state index is 11.6. The quantitative estimate of drug-likeness (QED) is 0.631. The smallest absolute Gasteiger partial charge is 0.335 e. The van der Waals surface area contributed by atoms with Gasteiger partial charge in [0.1, 0.15) is 5.75 Å². The van der Waals surface area contributed by atoms with Gasteiger partial charge < -0.3 is 14.5 Å². The first-order valence-electron chi connectivity index (χ1n) is 7.92. The molecule has 8 nitrogen and oxygen atoms in total. The largest absolute Gasteiger partial charge is 0.484 e. The molecule has 0 aliphatic rings. The van der Waals surface area contributed by atoms with Gasteiger partial charge in [0.15, 0.2) is 6.61 Å². The molecule has 0 spiro atoms. The number of nitrogens with one attached hydrogen (secondary N) is 1. The first kappa shape index (κ1) is 18.9. The Morgan fingerprint density at radius 2 is 1.92 bits per heavy atom. The van der Waals surface area contributed by atoms with Crippen molar-refractivity contribution in [3.63, 3.8) is 0 Å². The summed E-state index contributed by atoms with van der Waals surface area (Å²) in [4.78, 5) is 11.6. The van der Waals surface area contributed by atoms with Gasteiger partial charge >= 0.3 is 5.22 Å². The molecular formula is C16H21N3O5S. The van der Waals surface area contributed by atoms with Crippen molar-refractivity contribution in [3.05, 3.63) is 36.2 Å². The minimum atomic E-state index is -3.46. The minimum absolute atomic E-state index is 0.0136. The molecule has 0 radical (unpaired) electrons. The molecule has 0 unspecified atom stereocenters. The van der Waals surface area contributed by atoms with Crippen LogP contribution in [0.2, 0.25) is 0 Å². The molecule has 9 heteroatoms. The third kappa shape index (κ3) is 6.92. The Balaban J connectivity index is 1.54.